The summed E-state index contributed by atoms with van der Waals surface area (Å²) < 4.78 is 19.7. The number of amides is 2. The zero-order valence-corrected chi connectivity index (χ0v) is 17.4. The van der Waals surface area contributed by atoms with Crippen molar-refractivity contribution in [3.63, 3.8) is 0 Å². The van der Waals surface area contributed by atoms with E-state index in [4.69, 9.17) is 4.74 Å². The van der Waals surface area contributed by atoms with E-state index in [0.29, 0.717) is 5.75 Å². The van der Waals surface area contributed by atoms with Crippen LogP contribution in [-0.4, -0.2) is 46.6 Å². The molecule has 0 atom stereocenters. The number of carbonyl (C=O) groups is 3. The normalized spacial score (nSPS) is 14.9. The van der Waals surface area contributed by atoms with Crippen molar-refractivity contribution < 1.29 is 28.6 Å². The number of rotatable bonds is 5. The van der Waals surface area contributed by atoms with Crippen LogP contribution in [0.4, 0.5) is 15.8 Å². The van der Waals surface area contributed by atoms with E-state index in [9.17, 15) is 23.9 Å². The third kappa shape index (κ3) is 3.62. The van der Waals surface area contributed by atoms with Crippen LogP contribution in [0, 0.1) is 5.82 Å². The van der Waals surface area contributed by atoms with Gasteiger partial charge in [0.25, 0.3) is 11.8 Å². The zero-order valence-electron chi connectivity index (χ0n) is 17.4. The van der Waals surface area contributed by atoms with Gasteiger partial charge >= 0.3 is 5.97 Å². The zero-order chi connectivity index (χ0) is 23.0. The number of hydrogen-bond donors (Lipinski definition) is 1. The molecule has 2 amide bonds. The van der Waals surface area contributed by atoms with E-state index < -0.39 is 35.7 Å². The van der Waals surface area contributed by atoms with Gasteiger partial charge in [0.1, 0.15) is 23.7 Å². The molecule has 2 heterocycles. The van der Waals surface area contributed by atoms with Gasteiger partial charge in [-0.25, -0.2) is 4.39 Å². The number of carboxylic acid groups (broad SMARTS) is 1. The largest absolute Gasteiger partial charge is 0.483 e. The summed E-state index contributed by atoms with van der Waals surface area (Å²) in [4.78, 5) is 44.0. The molecule has 2 aromatic carbocycles. The molecular formula is C23H20FN3O5. The van der Waals surface area contributed by atoms with Gasteiger partial charge in [0, 0.05) is 23.2 Å². The molecule has 8 nitrogen and oxygen atoms in total. The van der Waals surface area contributed by atoms with Crippen LogP contribution in [0.3, 0.4) is 0 Å². The van der Waals surface area contributed by atoms with Crippen LogP contribution in [-0.2, 0) is 14.4 Å². The van der Waals surface area contributed by atoms with Gasteiger partial charge in [-0.15, -0.1) is 0 Å². The van der Waals surface area contributed by atoms with Crippen LogP contribution in [0.25, 0.3) is 10.8 Å². The molecule has 0 aliphatic carbocycles. The molecule has 0 radical (unpaired) electrons. The Labute approximate surface area is 182 Å². The fourth-order valence-corrected chi connectivity index (χ4v) is 3.90. The fraction of sp³-hybridized carbons (Fsp3) is 0.217. The first-order valence-electron chi connectivity index (χ1n) is 9.82. The van der Waals surface area contributed by atoms with Crippen molar-refractivity contribution in [2.24, 2.45) is 0 Å². The fourth-order valence-electron chi connectivity index (χ4n) is 3.90. The van der Waals surface area contributed by atoms with Crippen LogP contribution in [0.1, 0.15) is 13.8 Å². The van der Waals surface area contributed by atoms with Crippen molar-refractivity contribution in [2.75, 3.05) is 23.0 Å². The van der Waals surface area contributed by atoms with Crippen molar-refractivity contribution in [1.29, 1.82) is 0 Å². The molecule has 0 saturated heterocycles. The summed E-state index contributed by atoms with van der Waals surface area (Å²) in [6.45, 7) is 1.99. The average Bonchev–Trinajstić information content (AvgIpc) is 2.75. The number of aromatic nitrogens is 1. The van der Waals surface area contributed by atoms with Gasteiger partial charge in [-0.05, 0) is 44.2 Å². The second-order valence-electron chi connectivity index (χ2n) is 7.85. The first-order chi connectivity index (χ1) is 15.2. The van der Waals surface area contributed by atoms with Gasteiger partial charge in [0.2, 0.25) is 0 Å². The summed E-state index contributed by atoms with van der Waals surface area (Å²) in [6.07, 6.45) is 3.30. The molecule has 1 aliphatic heterocycles. The predicted molar refractivity (Wildman–Crippen MR) is 115 cm³/mol. The number of carbonyl (C=O) groups excluding carboxylic acids is 2. The van der Waals surface area contributed by atoms with Crippen LogP contribution >= 0.6 is 0 Å². The lowest BCUT2D eigenvalue weighted by Gasteiger charge is -2.46. The monoisotopic (exact) mass is 437 g/mol. The van der Waals surface area contributed by atoms with Gasteiger partial charge in [0.15, 0.2) is 6.61 Å². The van der Waals surface area contributed by atoms with Crippen molar-refractivity contribution in [2.45, 2.75) is 19.4 Å². The minimum Gasteiger partial charge on any atom is -0.483 e. The van der Waals surface area contributed by atoms with E-state index >= 15 is 0 Å². The van der Waals surface area contributed by atoms with E-state index in [1.54, 1.807) is 30.6 Å². The van der Waals surface area contributed by atoms with E-state index in [1.807, 2.05) is 6.07 Å². The maximum atomic E-state index is 14.0. The summed E-state index contributed by atoms with van der Waals surface area (Å²) in [5, 5.41) is 10.8. The van der Waals surface area contributed by atoms with Crippen molar-refractivity contribution >= 4 is 39.9 Å². The molecule has 0 bridgehead atoms. The molecule has 1 N–H and O–H groups in total. The molecular weight excluding hydrogens is 417 g/mol. The highest BCUT2D eigenvalue weighted by molar-refractivity contribution is 6.16. The van der Waals surface area contributed by atoms with Crippen LogP contribution in [0.15, 0.2) is 54.9 Å². The van der Waals surface area contributed by atoms with Gasteiger partial charge in [-0.1, -0.05) is 12.1 Å². The molecule has 0 fully saturated rings. The standard InChI is InChI=1S/C23H20FN3O5/c1-23(2)22(31)26(12-21(29)30)18-10-15(24)6-7-17(18)27(23)20(28)13-32-19-5-3-4-14-11-25-9-8-16(14)19/h3-11H,12-13H2,1-2H3,(H,29,30). The number of benzene rings is 2. The molecule has 164 valence electrons. The number of halogens is 1. The van der Waals surface area contributed by atoms with Gasteiger partial charge in [-0.3, -0.25) is 29.2 Å². The van der Waals surface area contributed by atoms with Gasteiger partial charge in [-0.2, -0.15) is 0 Å². The molecule has 0 saturated carbocycles. The highest BCUT2D eigenvalue weighted by atomic mass is 19.1. The second-order valence-corrected chi connectivity index (χ2v) is 7.85. The number of anilines is 2. The smallest absolute Gasteiger partial charge is 0.323 e. The van der Waals surface area contributed by atoms with E-state index in [-0.39, 0.29) is 18.0 Å². The van der Waals surface area contributed by atoms with E-state index in [1.165, 1.54) is 24.8 Å². The van der Waals surface area contributed by atoms with Crippen LogP contribution < -0.4 is 14.5 Å². The maximum absolute atomic E-state index is 14.0. The molecule has 1 aliphatic rings. The topological polar surface area (TPSA) is 100 Å². The predicted octanol–water partition coefficient (Wildman–Crippen LogP) is 3.00. The van der Waals surface area contributed by atoms with E-state index in [2.05, 4.69) is 4.98 Å². The highest BCUT2D eigenvalue weighted by Crippen LogP contribution is 2.41. The summed E-state index contributed by atoms with van der Waals surface area (Å²) >= 11 is 0. The molecule has 0 spiro atoms. The number of ether oxygens (including phenoxy) is 1. The molecule has 0 unspecified atom stereocenters. The van der Waals surface area contributed by atoms with Crippen molar-refractivity contribution in [1.82, 2.24) is 4.98 Å². The Hall–Kier alpha value is -4.01. The Balaban J connectivity index is 1.69. The molecule has 1 aromatic heterocycles. The molecule has 32 heavy (non-hydrogen) atoms. The quantitative estimate of drug-likeness (QED) is 0.659. The number of hydrogen-bond acceptors (Lipinski definition) is 5. The lowest BCUT2D eigenvalue weighted by atomic mass is 9.94. The van der Waals surface area contributed by atoms with Crippen LogP contribution in [0.2, 0.25) is 0 Å². The number of aliphatic carboxylic acids is 1. The second kappa shape index (κ2) is 7.92. The summed E-state index contributed by atoms with van der Waals surface area (Å²) in [6, 6.07) is 10.7. The summed E-state index contributed by atoms with van der Waals surface area (Å²) in [7, 11) is 0. The summed E-state index contributed by atoms with van der Waals surface area (Å²) in [5.74, 6) is -2.59. The van der Waals surface area contributed by atoms with Gasteiger partial charge in [0.05, 0.1) is 11.4 Å². The van der Waals surface area contributed by atoms with Crippen molar-refractivity contribution in [3.05, 3.63) is 60.7 Å². The average molecular weight is 437 g/mol. The number of carboxylic acids is 1. The third-order valence-corrected chi connectivity index (χ3v) is 5.33. The lowest BCUT2D eigenvalue weighted by molar-refractivity contribution is -0.137. The number of fused-ring (bicyclic) bond motifs is 2. The Bertz CT molecular complexity index is 1240. The molecule has 9 heteroatoms. The summed E-state index contributed by atoms with van der Waals surface area (Å²) in [5.41, 5.74) is -1.17. The first-order valence-corrected chi connectivity index (χ1v) is 9.82. The molecule has 4 rings (SSSR count). The van der Waals surface area contributed by atoms with Gasteiger partial charge < -0.3 is 9.84 Å². The SMILES string of the molecule is CC1(C)C(=O)N(CC(=O)O)c2cc(F)ccc2N1C(=O)COc1cccc2cnccc12. The highest BCUT2D eigenvalue weighted by Gasteiger charge is 2.48. The van der Waals surface area contributed by atoms with E-state index in [0.717, 1.165) is 27.8 Å². The Morgan fingerprint density at radius 2 is 1.94 bits per heavy atom. The minimum absolute atomic E-state index is 0.0151. The van der Waals surface area contributed by atoms with Crippen molar-refractivity contribution in [3.8, 4) is 5.75 Å². The maximum Gasteiger partial charge on any atom is 0.323 e. The Morgan fingerprint density at radius 3 is 2.69 bits per heavy atom. The molecule has 3 aromatic rings. The first kappa shape index (κ1) is 21.2. The third-order valence-electron chi connectivity index (χ3n) is 5.33. The number of pyridine rings is 1. The Kier molecular flexibility index (Phi) is 5.25. The number of nitrogens with zero attached hydrogens (tertiary/aromatic N) is 3. The minimum atomic E-state index is -1.41. The lowest BCUT2D eigenvalue weighted by Crippen LogP contribution is -2.63. The Morgan fingerprint density at radius 1 is 1.16 bits per heavy atom. The van der Waals surface area contributed by atoms with Crippen LogP contribution in [0.5, 0.6) is 5.75 Å².